The number of hydrogen-bond acceptors (Lipinski definition) is 9. The number of carbonyl (C=O) groups is 2. The van der Waals surface area contributed by atoms with Crippen molar-refractivity contribution in [1.29, 1.82) is 0 Å². The standard InChI is InChI=1S/C23H20F2N6O7/c1-12(32)26-7-15-9-30(23(33)38-15)14-4-17(24)21(18(25)5-14)13-2-3-20(27-6-13)37-16-8-29-10-19(31(34)35)28-22(29)36-11-16/h2-6,10,15-16H,7-9,11H2,1H3,(H,26,32)/t15-,16-/m0/s1. The Morgan fingerprint density at radius 2 is 2.05 bits per heavy atom. The number of ether oxygens (including phenoxy) is 3. The van der Waals surface area contributed by atoms with Crippen molar-refractivity contribution in [3.8, 4) is 23.0 Å². The van der Waals surface area contributed by atoms with E-state index < -0.39 is 34.9 Å². The average molecular weight is 530 g/mol. The molecule has 0 bridgehead atoms. The Morgan fingerprint density at radius 1 is 1.29 bits per heavy atom. The number of halogens is 2. The number of nitrogens with zero attached hydrogens (tertiary/aromatic N) is 5. The molecule has 5 rings (SSSR count). The van der Waals surface area contributed by atoms with Gasteiger partial charge in [0.25, 0.3) is 0 Å². The third-order valence-corrected chi connectivity index (χ3v) is 5.82. The summed E-state index contributed by atoms with van der Waals surface area (Å²) in [5, 5.41) is 13.4. The molecule has 2 aromatic heterocycles. The first kappa shape index (κ1) is 24.9. The summed E-state index contributed by atoms with van der Waals surface area (Å²) >= 11 is 0. The van der Waals surface area contributed by atoms with Gasteiger partial charge in [-0.15, -0.1) is 0 Å². The molecule has 2 aliphatic heterocycles. The fraction of sp³-hybridized carbons (Fsp3) is 0.304. The van der Waals surface area contributed by atoms with Crippen molar-refractivity contribution in [2.45, 2.75) is 25.7 Å². The van der Waals surface area contributed by atoms with E-state index in [0.29, 0.717) is 0 Å². The van der Waals surface area contributed by atoms with Crippen LogP contribution in [-0.2, 0) is 16.1 Å². The molecule has 13 nitrogen and oxygen atoms in total. The fourth-order valence-corrected chi connectivity index (χ4v) is 4.09. The summed E-state index contributed by atoms with van der Waals surface area (Å²) in [6, 6.07) is 5.00. The first-order valence-corrected chi connectivity index (χ1v) is 11.4. The van der Waals surface area contributed by atoms with Crippen LogP contribution in [0.3, 0.4) is 0 Å². The van der Waals surface area contributed by atoms with Crippen LogP contribution >= 0.6 is 0 Å². The van der Waals surface area contributed by atoms with Crippen molar-refractivity contribution in [2.24, 2.45) is 0 Å². The van der Waals surface area contributed by atoms with E-state index in [1.807, 2.05) is 0 Å². The zero-order valence-corrected chi connectivity index (χ0v) is 19.8. The van der Waals surface area contributed by atoms with Crippen molar-refractivity contribution in [3.63, 3.8) is 0 Å². The van der Waals surface area contributed by atoms with Crippen LogP contribution in [0.5, 0.6) is 11.9 Å². The molecule has 2 aliphatic rings. The highest BCUT2D eigenvalue weighted by atomic mass is 19.1. The van der Waals surface area contributed by atoms with Gasteiger partial charge in [0.2, 0.25) is 11.8 Å². The van der Waals surface area contributed by atoms with E-state index in [0.717, 1.165) is 17.0 Å². The Hall–Kier alpha value is -4.82. The Kier molecular flexibility index (Phi) is 6.48. The van der Waals surface area contributed by atoms with Gasteiger partial charge in [0.15, 0.2) is 6.10 Å². The number of anilines is 1. The molecular weight excluding hydrogens is 510 g/mol. The maximum atomic E-state index is 15.0. The number of amides is 2. The molecule has 0 aliphatic carbocycles. The van der Waals surface area contributed by atoms with E-state index in [1.54, 1.807) is 0 Å². The number of imidazole rings is 1. The molecule has 0 radical (unpaired) electrons. The van der Waals surface area contributed by atoms with Gasteiger partial charge in [-0.1, -0.05) is 0 Å². The molecular formula is C23H20F2N6O7. The van der Waals surface area contributed by atoms with Gasteiger partial charge in [-0.3, -0.25) is 14.3 Å². The zero-order valence-electron chi connectivity index (χ0n) is 19.8. The van der Waals surface area contributed by atoms with E-state index in [9.17, 15) is 28.5 Å². The lowest BCUT2D eigenvalue weighted by Gasteiger charge is -2.22. The third kappa shape index (κ3) is 5.02. The van der Waals surface area contributed by atoms with Gasteiger partial charge >= 0.3 is 17.9 Å². The van der Waals surface area contributed by atoms with E-state index >= 15 is 0 Å². The van der Waals surface area contributed by atoms with Gasteiger partial charge in [0.1, 0.15) is 30.5 Å². The van der Waals surface area contributed by atoms with E-state index in [4.69, 9.17) is 14.2 Å². The van der Waals surface area contributed by atoms with Crippen LogP contribution in [0.2, 0.25) is 0 Å². The highest BCUT2D eigenvalue weighted by Gasteiger charge is 2.33. The lowest BCUT2D eigenvalue weighted by molar-refractivity contribution is -0.389. The topological polar surface area (TPSA) is 151 Å². The first-order valence-electron chi connectivity index (χ1n) is 11.4. The lowest BCUT2D eigenvalue weighted by atomic mass is 10.1. The lowest BCUT2D eigenvalue weighted by Crippen LogP contribution is -2.34. The van der Waals surface area contributed by atoms with Crippen LogP contribution in [0.1, 0.15) is 6.92 Å². The van der Waals surface area contributed by atoms with Crippen molar-refractivity contribution < 1.29 is 37.5 Å². The number of aromatic nitrogens is 3. The summed E-state index contributed by atoms with van der Waals surface area (Å²) in [5.41, 5.74) is -0.228. The normalized spacial score (nSPS) is 18.4. The fourth-order valence-electron chi connectivity index (χ4n) is 4.09. The van der Waals surface area contributed by atoms with Crippen molar-refractivity contribution >= 4 is 23.5 Å². The highest BCUT2D eigenvalue weighted by molar-refractivity contribution is 5.90. The maximum Gasteiger partial charge on any atom is 0.414 e. The minimum Gasteiger partial charge on any atom is -0.469 e. The Bertz CT molecular complexity index is 1390. The molecule has 4 heterocycles. The molecule has 1 saturated heterocycles. The van der Waals surface area contributed by atoms with Crippen LogP contribution < -0.4 is 19.7 Å². The number of benzene rings is 1. The number of hydrogen-bond donors (Lipinski definition) is 1. The van der Waals surface area contributed by atoms with Crippen molar-refractivity contribution in [3.05, 3.63) is 58.4 Å². The molecule has 1 fully saturated rings. The highest BCUT2D eigenvalue weighted by Crippen LogP contribution is 2.32. The van der Waals surface area contributed by atoms with Crippen molar-refractivity contribution in [1.82, 2.24) is 19.9 Å². The molecule has 2 amide bonds. The monoisotopic (exact) mass is 530 g/mol. The summed E-state index contributed by atoms with van der Waals surface area (Å²) in [6.07, 6.45) is 0.512. The zero-order chi connectivity index (χ0) is 27.0. The van der Waals surface area contributed by atoms with Gasteiger partial charge in [0.05, 0.1) is 30.9 Å². The van der Waals surface area contributed by atoms with Gasteiger partial charge < -0.3 is 29.6 Å². The van der Waals surface area contributed by atoms with Crippen LogP contribution in [-0.4, -0.2) is 63.4 Å². The molecule has 0 unspecified atom stereocenters. The molecule has 0 saturated carbocycles. The maximum absolute atomic E-state index is 15.0. The van der Waals surface area contributed by atoms with Crippen LogP contribution in [0.4, 0.5) is 25.1 Å². The summed E-state index contributed by atoms with van der Waals surface area (Å²) in [6.45, 7) is 1.73. The molecule has 1 aromatic carbocycles. The number of nitro groups is 1. The number of nitrogens with one attached hydrogen (secondary N) is 1. The SMILES string of the molecule is CC(=O)NC[C@H]1CN(c2cc(F)c(-c3ccc(O[C@@H]4COc5nc([N+](=O)[O-])cn5C4)nc3)c(F)c2)C(=O)O1. The largest absolute Gasteiger partial charge is 0.469 e. The van der Waals surface area contributed by atoms with Gasteiger partial charge in [-0.25, -0.2) is 18.6 Å². The van der Waals surface area contributed by atoms with Gasteiger partial charge in [-0.2, -0.15) is 0 Å². The van der Waals surface area contributed by atoms with Crippen LogP contribution in [0.15, 0.2) is 36.7 Å². The quantitative estimate of drug-likeness (QED) is 0.359. The average Bonchev–Trinajstić information content (AvgIpc) is 3.46. The van der Waals surface area contributed by atoms with Gasteiger partial charge in [0, 0.05) is 29.7 Å². The number of rotatable bonds is 7. The predicted molar refractivity (Wildman–Crippen MR) is 125 cm³/mol. The third-order valence-electron chi connectivity index (χ3n) is 5.82. The summed E-state index contributed by atoms with van der Waals surface area (Å²) < 4.78 is 47.7. The molecule has 198 valence electrons. The van der Waals surface area contributed by atoms with E-state index in [-0.39, 0.29) is 66.7 Å². The minimum absolute atomic E-state index is 0.0176. The second-order valence-corrected chi connectivity index (χ2v) is 8.56. The molecule has 38 heavy (non-hydrogen) atoms. The van der Waals surface area contributed by atoms with Gasteiger partial charge in [-0.05, 0) is 23.1 Å². The molecule has 0 spiro atoms. The molecule has 1 N–H and O–H groups in total. The Labute approximate surface area is 213 Å². The van der Waals surface area contributed by atoms with E-state index in [2.05, 4.69) is 15.3 Å². The molecule has 3 aromatic rings. The van der Waals surface area contributed by atoms with Crippen LogP contribution in [0.25, 0.3) is 11.1 Å². The number of pyridine rings is 1. The second kappa shape index (κ2) is 9.91. The summed E-state index contributed by atoms with van der Waals surface area (Å²) in [5.74, 6) is -2.31. The Balaban J connectivity index is 1.26. The Morgan fingerprint density at radius 3 is 2.71 bits per heavy atom. The number of fused-ring (bicyclic) bond motifs is 1. The first-order chi connectivity index (χ1) is 18.2. The summed E-state index contributed by atoms with van der Waals surface area (Å²) in [4.78, 5) is 42.5. The number of carbonyl (C=O) groups excluding carboxylic acids is 2. The molecule has 15 heteroatoms. The summed E-state index contributed by atoms with van der Waals surface area (Å²) in [7, 11) is 0. The second-order valence-electron chi connectivity index (χ2n) is 8.56. The molecule has 2 atom stereocenters. The van der Waals surface area contributed by atoms with E-state index in [1.165, 1.54) is 36.0 Å². The minimum atomic E-state index is -0.913. The van der Waals surface area contributed by atoms with Crippen LogP contribution in [0, 0.1) is 21.7 Å². The number of cyclic esters (lactones) is 1. The smallest absolute Gasteiger partial charge is 0.414 e. The predicted octanol–water partition coefficient (Wildman–Crippen LogP) is 2.43. The van der Waals surface area contributed by atoms with Crippen molar-refractivity contribution in [2.75, 3.05) is 24.6 Å².